The van der Waals surface area contributed by atoms with Crippen LogP contribution in [0.1, 0.15) is 20.8 Å². The van der Waals surface area contributed by atoms with E-state index in [1.54, 1.807) is 43.0 Å². The molecule has 1 aromatic rings. The number of ether oxygens (including phenoxy) is 1. The number of rotatable bonds is 6. The number of nitrogens with zero attached hydrogens (tertiary/aromatic N) is 1. The minimum Gasteiger partial charge on any atom is -0.482 e. The van der Waals surface area contributed by atoms with Crippen molar-refractivity contribution in [3.63, 3.8) is 0 Å². The van der Waals surface area contributed by atoms with Crippen LogP contribution in [0.2, 0.25) is 0 Å². The molecular formula is C14H22N2O3. The molecule has 0 aliphatic carbocycles. The lowest BCUT2D eigenvalue weighted by atomic mass is 10.1. The Morgan fingerprint density at radius 1 is 1.42 bits per heavy atom. The molecule has 19 heavy (non-hydrogen) atoms. The average molecular weight is 266 g/mol. The van der Waals surface area contributed by atoms with E-state index in [-0.39, 0.29) is 19.1 Å². The van der Waals surface area contributed by atoms with Crippen molar-refractivity contribution in [1.82, 2.24) is 4.90 Å². The molecule has 5 heteroatoms. The van der Waals surface area contributed by atoms with Crippen molar-refractivity contribution in [2.45, 2.75) is 26.4 Å². The van der Waals surface area contributed by atoms with E-state index in [0.29, 0.717) is 18.0 Å². The number of hydrogen-bond donors (Lipinski definition) is 2. The van der Waals surface area contributed by atoms with Crippen LogP contribution in [-0.2, 0) is 4.79 Å². The zero-order valence-corrected chi connectivity index (χ0v) is 11.7. The van der Waals surface area contributed by atoms with E-state index in [1.165, 1.54) is 0 Å². The summed E-state index contributed by atoms with van der Waals surface area (Å²) in [5.74, 6) is 0.322. The highest BCUT2D eigenvalue weighted by atomic mass is 16.5. The van der Waals surface area contributed by atoms with Crippen molar-refractivity contribution in [2.24, 2.45) is 0 Å². The van der Waals surface area contributed by atoms with E-state index in [2.05, 4.69) is 0 Å². The number of hydrogen-bond acceptors (Lipinski definition) is 4. The molecule has 0 radical (unpaired) electrons. The molecule has 1 rings (SSSR count). The molecule has 1 aromatic carbocycles. The second kappa shape index (κ2) is 6.43. The monoisotopic (exact) mass is 266 g/mol. The summed E-state index contributed by atoms with van der Waals surface area (Å²) < 4.78 is 5.40. The first-order chi connectivity index (χ1) is 8.83. The van der Waals surface area contributed by atoms with Crippen LogP contribution in [-0.4, -0.2) is 41.2 Å². The number of nitrogen functional groups attached to an aromatic ring is 1. The van der Waals surface area contributed by atoms with E-state index in [4.69, 9.17) is 10.5 Å². The zero-order valence-electron chi connectivity index (χ0n) is 11.7. The lowest BCUT2D eigenvalue weighted by Gasteiger charge is -2.28. The van der Waals surface area contributed by atoms with Crippen LogP contribution in [0.25, 0.3) is 0 Å². The van der Waals surface area contributed by atoms with E-state index in [9.17, 15) is 9.90 Å². The van der Waals surface area contributed by atoms with Crippen molar-refractivity contribution in [2.75, 3.05) is 25.4 Å². The largest absolute Gasteiger partial charge is 0.482 e. The van der Waals surface area contributed by atoms with Crippen LogP contribution in [0.15, 0.2) is 24.3 Å². The minimum atomic E-state index is -0.919. The molecule has 0 fully saturated rings. The summed E-state index contributed by atoms with van der Waals surface area (Å²) in [7, 11) is 0. The summed E-state index contributed by atoms with van der Waals surface area (Å²) in [4.78, 5) is 13.5. The number of likely N-dealkylation sites (N-methyl/N-ethyl adjacent to an activating group) is 1. The number of aliphatic hydroxyl groups is 1. The fourth-order valence-electron chi connectivity index (χ4n) is 1.69. The Bertz CT molecular complexity index is 427. The lowest BCUT2D eigenvalue weighted by molar-refractivity contribution is -0.136. The van der Waals surface area contributed by atoms with Crippen molar-refractivity contribution in [3.8, 4) is 5.75 Å². The van der Waals surface area contributed by atoms with Crippen LogP contribution in [0.5, 0.6) is 5.75 Å². The number of anilines is 1. The van der Waals surface area contributed by atoms with E-state index < -0.39 is 5.60 Å². The Morgan fingerprint density at radius 2 is 2.05 bits per heavy atom. The maximum Gasteiger partial charge on any atom is 0.260 e. The van der Waals surface area contributed by atoms with Gasteiger partial charge in [0.05, 0.1) is 11.3 Å². The van der Waals surface area contributed by atoms with Gasteiger partial charge in [0.1, 0.15) is 5.75 Å². The van der Waals surface area contributed by atoms with Crippen LogP contribution in [0, 0.1) is 0 Å². The third-order valence-electron chi connectivity index (χ3n) is 2.58. The Kier molecular flexibility index (Phi) is 5.18. The Labute approximate surface area is 114 Å². The fraction of sp³-hybridized carbons (Fsp3) is 0.500. The van der Waals surface area contributed by atoms with Gasteiger partial charge in [-0.3, -0.25) is 4.79 Å². The molecule has 0 unspecified atom stereocenters. The SMILES string of the molecule is CCN(CC(C)(C)O)C(=O)COc1ccccc1N. The van der Waals surface area contributed by atoms with Crippen LogP contribution < -0.4 is 10.5 Å². The first-order valence-corrected chi connectivity index (χ1v) is 6.31. The Balaban J connectivity index is 2.57. The van der Waals surface area contributed by atoms with Crippen LogP contribution >= 0.6 is 0 Å². The molecule has 0 aliphatic rings. The van der Waals surface area contributed by atoms with Crippen LogP contribution in [0.4, 0.5) is 5.69 Å². The van der Waals surface area contributed by atoms with Crippen molar-refractivity contribution >= 4 is 11.6 Å². The summed E-state index contributed by atoms with van der Waals surface area (Å²) in [6.07, 6.45) is 0. The van der Waals surface area contributed by atoms with Crippen molar-refractivity contribution in [3.05, 3.63) is 24.3 Å². The predicted octanol–water partition coefficient (Wildman–Crippen LogP) is 1.27. The predicted molar refractivity (Wildman–Crippen MR) is 74.9 cm³/mol. The van der Waals surface area contributed by atoms with E-state index >= 15 is 0 Å². The smallest absolute Gasteiger partial charge is 0.260 e. The zero-order chi connectivity index (χ0) is 14.5. The topological polar surface area (TPSA) is 75.8 Å². The molecule has 0 bridgehead atoms. The van der Waals surface area contributed by atoms with Gasteiger partial charge in [0, 0.05) is 13.1 Å². The van der Waals surface area contributed by atoms with Gasteiger partial charge in [-0.2, -0.15) is 0 Å². The number of nitrogens with two attached hydrogens (primary N) is 1. The molecule has 0 aliphatic heterocycles. The van der Waals surface area contributed by atoms with Gasteiger partial charge >= 0.3 is 0 Å². The molecule has 0 saturated carbocycles. The Morgan fingerprint density at radius 3 is 2.58 bits per heavy atom. The number of benzene rings is 1. The van der Waals surface area contributed by atoms with Crippen molar-refractivity contribution in [1.29, 1.82) is 0 Å². The second-order valence-electron chi connectivity index (χ2n) is 5.05. The summed E-state index contributed by atoms with van der Waals surface area (Å²) >= 11 is 0. The third-order valence-corrected chi connectivity index (χ3v) is 2.58. The number of carbonyl (C=O) groups excluding carboxylic acids is 1. The molecule has 5 nitrogen and oxygen atoms in total. The highest BCUT2D eigenvalue weighted by Gasteiger charge is 2.21. The molecule has 106 valence electrons. The molecule has 3 N–H and O–H groups in total. The van der Waals surface area contributed by atoms with Gasteiger partial charge in [-0.05, 0) is 32.9 Å². The second-order valence-corrected chi connectivity index (χ2v) is 5.05. The summed E-state index contributed by atoms with van der Waals surface area (Å²) in [5.41, 5.74) is 5.31. The van der Waals surface area contributed by atoms with E-state index in [0.717, 1.165) is 0 Å². The summed E-state index contributed by atoms with van der Waals surface area (Å²) in [6, 6.07) is 7.03. The number of amides is 1. The Hall–Kier alpha value is -1.75. The highest BCUT2D eigenvalue weighted by molar-refractivity contribution is 5.78. The summed E-state index contributed by atoms with van der Waals surface area (Å²) in [5, 5.41) is 9.74. The van der Waals surface area contributed by atoms with Crippen LogP contribution in [0.3, 0.4) is 0 Å². The maximum absolute atomic E-state index is 12.0. The molecule has 0 spiro atoms. The summed E-state index contributed by atoms with van der Waals surface area (Å²) in [6.45, 7) is 5.91. The quantitative estimate of drug-likeness (QED) is 0.760. The minimum absolute atomic E-state index is 0.0852. The molecule has 0 atom stereocenters. The van der Waals surface area contributed by atoms with Gasteiger partial charge in [0.2, 0.25) is 0 Å². The fourth-order valence-corrected chi connectivity index (χ4v) is 1.69. The molecule has 0 aromatic heterocycles. The first-order valence-electron chi connectivity index (χ1n) is 6.31. The number of para-hydroxylation sites is 2. The molecular weight excluding hydrogens is 244 g/mol. The molecule has 0 heterocycles. The normalized spacial score (nSPS) is 11.2. The van der Waals surface area contributed by atoms with Gasteiger partial charge in [0.15, 0.2) is 6.61 Å². The highest BCUT2D eigenvalue weighted by Crippen LogP contribution is 2.19. The average Bonchev–Trinajstić information content (AvgIpc) is 2.33. The van der Waals surface area contributed by atoms with Gasteiger partial charge in [-0.1, -0.05) is 12.1 Å². The lowest BCUT2D eigenvalue weighted by Crippen LogP contribution is -2.44. The van der Waals surface area contributed by atoms with Gasteiger partial charge in [-0.15, -0.1) is 0 Å². The van der Waals surface area contributed by atoms with Gasteiger partial charge < -0.3 is 20.5 Å². The molecule has 1 amide bonds. The van der Waals surface area contributed by atoms with Gasteiger partial charge in [0.25, 0.3) is 5.91 Å². The third kappa shape index (κ3) is 5.18. The first kappa shape index (κ1) is 15.3. The van der Waals surface area contributed by atoms with Crippen molar-refractivity contribution < 1.29 is 14.6 Å². The van der Waals surface area contributed by atoms with E-state index in [1.807, 2.05) is 6.92 Å². The molecule has 0 saturated heterocycles. The number of carbonyl (C=O) groups is 1. The standard InChI is InChI=1S/C14H22N2O3/c1-4-16(10-14(2,3)18)13(17)9-19-12-8-6-5-7-11(12)15/h5-8,18H,4,9-10,15H2,1-3H3. The van der Waals surface area contributed by atoms with Gasteiger partial charge in [-0.25, -0.2) is 0 Å². The maximum atomic E-state index is 12.0.